The van der Waals surface area contributed by atoms with Crippen molar-refractivity contribution in [3.05, 3.63) is 108 Å². The summed E-state index contributed by atoms with van der Waals surface area (Å²) in [7, 11) is -4.01. The number of amides is 1. The van der Waals surface area contributed by atoms with Gasteiger partial charge in [-0.1, -0.05) is 41.9 Å². The molecule has 1 N–H and O–H groups in total. The van der Waals surface area contributed by atoms with Crippen molar-refractivity contribution in [3.8, 4) is 10.6 Å². The second-order valence-electron chi connectivity index (χ2n) is 8.42. The van der Waals surface area contributed by atoms with Gasteiger partial charge in [0.2, 0.25) is 5.91 Å². The molecule has 6 nitrogen and oxygen atoms in total. The Morgan fingerprint density at radius 2 is 1.70 bits per heavy atom. The van der Waals surface area contributed by atoms with Crippen molar-refractivity contribution >= 4 is 60.5 Å². The number of hydrogen-bond donors (Lipinski definition) is 1. The van der Waals surface area contributed by atoms with Crippen LogP contribution in [0.25, 0.3) is 20.8 Å². The largest absolute Gasteiger partial charge is 0.325 e. The van der Waals surface area contributed by atoms with E-state index in [4.69, 9.17) is 16.6 Å². The molecule has 9 heteroatoms. The maximum absolute atomic E-state index is 13.4. The summed E-state index contributed by atoms with van der Waals surface area (Å²) in [6.07, 6.45) is 0. The number of sulfonamides is 1. The zero-order chi connectivity index (χ0) is 26.0. The van der Waals surface area contributed by atoms with Crippen molar-refractivity contribution in [2.45, 2.75) is 11.8 Å². The minimum absolute atomic E-state index is 0.0816. The Balaban J connectivity index is 1.36. The maximum atomic E-state index is 13.4. The summed E-state index contributed by atoms with van der Waals surface area (Å²) in [4.78, 5) is 17.8. The number of hydrogen-bond acceptors (Lipinski definition) is 5. The number of anilines is 2. The van der Waals surface area contributed by atoms with Crippen LogP contribution in [0.15, 0.2) is 102 Å². The first kappa shape index (κ1) is 25.0. The van der Waals surface area contributed by atoms with Crippen molar-refractivity contribution in [1.29, 1.82) is 0 Å². The third kappa shape index (κ3) is 5.51. The highest BCUT2D eigenvalue weighted by molar-refractivity contribution is 7.92. The van der Waals surface area contributed by atoms with Crippen LogP contribution in [0, 0.1) is 6.92 Å². The molecular weight excluding hydrogens is 526 g/mol. The van der Waals surface area contributed by atoms with Gasteiger partial charge in [0.05, 0.1) is 20.8 Å². The standard InChI is InChI=1S/C28H22ClN3O3S2/c1-19-10-15-25-26(16-19)36-28(31-25)20-11-13-22(14-12-20)30-27(33)18-32(23-7-5-6-21(29)17-23)37(34,35)24-8-3-2-4-9-24/h2-17H,18H2,1H3,(H,30,33). The monoisotopic (exact) mass is 547 g/mol. The molecule has 0 aliphatic rings. The highest BCUT2D eigenvalue weighted by Crippen LogP contribution is 2.31. The molecule has 0 aliphatic heterocycles. The van der Waals surface area contributed by atoms with E-state index in [0.717, 1.165) is 25.1 Å². The van der Waals surface area contributed by atoms with Crippen LogP contribution in [0.4, 0.5) is 11.4 Å². The zero-order valence-electron chi connectivity index (χ0n) is 19.8. The number of thiazole rings is 1. The van der Waals surface area contributed by atoms with E-state index in [1.807, 2.05) is 24.3 Å². The molecule has 37 heavy (non-hydrogen) atoms. The number of carbonyl (C=O) groups is 1. The van der Waals surface area contributed by atoms with Gasteiger partial charge in [0.1, 0.15) is 11.6 Å². The van der Waals surface area contributed by atoms with E-state index in [1.54, 1.807) is 59.9 Å². The number of halogens is 1. The smallest absolute Gasteiger partial charge is 0.264 e. The van der Waals surface area contributed by atoms with Crippen LogP contribution in [-0.2, 0) is 14.8 Å². The third-order valence-corrected chi connectivity index (χ3v) is 8.76. The maximum Gasteiger partial charge on any atom is 0.264 e. The van der Waals surface area contributed by atoms with E-state index >= 15 is 0 Å². The Morgan fingerprint density at radius 1 is 0.946 bits per heavy atom. The van der Waals surface area contributed by atoms with Gasteiger partial charge in [-0.3, -0.25) is 9.10 Å². The lowest BCUT2D eigenvalue weighted by atomic mass is 10.2. The van der Waals surface area contributed by atoms with E-state index in [1.165, 1.54) is 23.8 Å². The van der Waals surface area contributed by atoms with E-state index < -0.39 is 22.5 Å². The molecule has 4 aromatic carbocycles. The first-order valence-electron chi connectivity index (χ1n) is 11.4. The van der Waals surface area contributed by atoms with Gasteiger partial charge in [-0.05, 0) is 79.2 Å². The molecule has 0 atom stereocenters. The summed E-state index contributed by atoms with van der Waals surface area (Å²) < 4.78 is 29.0. The SMILES string of the molecule is Cc1ccc2nc(-c3ccc(NC(=O)CN(c4cccc(Cl)c4)S(=O)(=O)c4ccccc4)cc3)sc2c1. The summed E-state index contributed by atoms with van der Waals surface area (Å²) in [5.41, 5.74) is 3.91. The fraction of sp³-hybridized carbons (Fsp3) is 0.0714. The van der Waals surface area contributed by atoms with E-state index in [2.05, 4.69) is 18.3 Å². The molecule has 5 aromatic rings. The van der Waals surface area contributed by atoms with Crippen LogP contribution < -0.4 is 9.62 Å². The molecule has 0 spiro atoms. The van der Waals surface area contributed by atoms with Gasteiger partial charge in [-0.2, -0.15) is 0 Å². The number of fused-ring (bicyclic) bond motifs is 1. The molecule has 186 valence electrons. The zero-order valence-corrected chi connectivity index (χ0v) is 22.1. The highest BCUT2D eigenvalue weighted by atomic mass is 35.5. The van der Waals surface area contributed by atoms with Crippen LogP contribution in [0.5, 0.6) is 0 Å². The predicted octanol–water partition coefficient (Wildman–Crippen LogP) is 6.76. The van der Waals surface area contributed by atoms with Gasteiger partial charge in [-0.25, -0.2) is 13.4 Å². The third-order valence-electron chi connectivity index (χ3n) is 5.67. The topological polar surface area (TPSA) is 79.4 Å². The number of carbonyl (C=O) groups excluding carboxylic acids is 1. The van der Waals surface area contributed by atoms with Gasteiger partial charge >= 0.3 is 0 Å². The second kappa shape index (κ2) is 10.3. The summed E-state index contributed by atoms with van der Waals surface area (Å²) in [5.74, 6) is -0.484. The summed E-state index contributed by atoms with van der Waals surface area (Å²) >= 11 is 7.73. The first-order chi connectivity index (χ1) is 17.8. The van der Waals surface area contributed by atoms with Gasteiger partial charge in [0.25, 0.3) is 10.0 Å². The lowest BCUT2D eigenvalue weighted by molar-refractivity contribution is -0.114. The van der Waals surface area contributed by atoms with Crippen LogP contribution >= 0.6 is 22.9 Å². The molecular formula is C28H22ClN3O3S2. The average Bonchev–Trinajstić information content (AvgIpc) is 3.31. The molecule has 1 heterocycles. The normalized spacial score (nSPS) is 11.4. The van der Waals surface area contributed by atoms with Crippen LogP contribution in [0.3, 0.4) is 0 Å². The van der Waals surface area contributed by atoms with Gasteiger partial charge in [-0.15, -0.1) is 11.3 Å². The summed E-state index contributed by atoms with van der Waals surface area (Å²) in [6.45, 7) is 1.63. The Hall–Kier alpha value is -3.72. The summed E-state index contributed by atoms with van der Waals surface area (Å²) in [6, 6.07) is 27.9. The number of aryl methyl sites for hydroxylation is 1. The van der Waals surface area contributed by atoms with Crippen molar-refractivity contribution in [2.24, 2.45) is 0 Å². The van der Waals surface area contributed by atoms with Gasteiger partial charge in [0, 0.05) is 16.3 Å². The van der Waals surface area contributed by atoms with E-state index in [9.17, 15) is 13.2 Å². The van der Waals surface area contributed by atoms with E-state index in [0.29, 0.717) is 16.4 Å². The number of aromatic nitrogens is 1. The van der Waals surface area contributed by atoms with E-state index in [-0.39, 0.29) is 4.90 Å². The molecule has 0 radical (unpaired) electrons. The Labute approximate surface area is 224 Å². The van der Waals surface area contributed by atoms with Crippen molar-refractivity contribution < 1.29 is 13.2 Å². The molecule has 0 aliphatic carbocycles. The van der Waals surface area contributed by atoms with Crippen LogP contribution in [0.1, 0.15) is 5.56 Å². The van der Waals surface area contributed by atoms with Gasteiger partial charge < -0.3 is 5.32 Å². The Morgan fingerprint density at radius 3 is 2.43 bits per heavy atom. The molecule has 0 saturated carbocycles. The molecule has 1 aromatic heterocycles. The fourth-order valence-electron chi connectivity index (χ4n) is 3.85. The molecule has 0 unspecified atom stereocenters. The van der Waals surface area contributed by atoms with Crippen LogP contribution in [0.2, 0.25) is 5.02 Å². The van der Waals surface area contributed by atoms with Crippen molar-refractivity contribution in [1.82, 2.24) is 4.98 Å². The Bertz CT molecular complexity index is 1690. The molecule has 0 saturated heterocycles. The number of nitrogens with one attached hydrogen (secondary N) is 1. The number of rotatable bonds is 7. The molecule has 1 amide bonds. The Kier molecular flexibility index (Phi) is 6.97. The quantitative estimate of drug-likeness (QED) is 0.244. The minimum atomic E-state index is -4.01. The second-order valence-corrected chi connectivity index (χ2v) is 11.7. The number of nitrogens with zero attached hydrogens (tertiary/aromatic N) is 2. The molecule has 5 rings (SSSR count). The molecule has 0 fully saturated rings. The highest BCUT2D eigenvalue weighted by Gasteiger charge is 2.27. The number of benzene rings is 4. The summed E-state index contributed by atoms with van der Waals surface area (Å²) in [5, 5.41) is 4.05. The fourth-order valence-corrected chi connectivity index (χ4v) is 6.54. The molecule has 0 bridgehead atoms. The van der Waals surface area contributed by atoms with Crippen LogP contribution in [-0.4, -0.2) is 25.9 Å². The first-order valence-corrected chi connectivity index (χ1v) is 14.0. The minimum Gasteiger partial charge on any atom is -0.325 e. The van der Waals surface area contributed by atoms with Gasteiger partial charge in [0.15, 0.2) is 0 Å². The van der Waals surface area contributed by atoms with Crippen molar-refractivity contribution in [3.63, 3.8) is 0 Å². The average molecular weight is 548 g/mol. The van der Waals surface area contributed by atoms with Crippen molar-refractivity contribution in [2.75, 3.05) is 16.2 Å². The lowest BCUT2D eigenvalue weighted by Crippen LogP contribution is -2.38. The predicted molar refractivity (Wildman–Crippen MR) is 151 cm³/mol. The lowest BCUT2D eigenvalue weighted by Gasteiger charge is -2.24.